The molecule has 2 unspecified atom stereocenters. The predicted molar refractivity (Wildman–Crippen MR) is 75.7 cm³/mol. The molecule has 18 heavy (non-hydrogen) atoms. The van der Waals surface area contributed by atoms with Gasteiger partial charge in [0.25, 0.3) is 0 Å². The van der Waals surface area contributed by atoms with Crippen molar-refractivity contribution in [2.24, 2.45) is 11.8 Å². The maximum Gasteiger partial charge on any atom is 0.0897 e. The highest BCUT2D eigenvalue weighted by Gasteiger charge is 2.27. The van der Waals surface area contributed by atoms with E-state index in [-0.39, 0.29) is 6.10 Å². The van der Waals surface area contributed by atoms with E-state index in [0.717, 1.165) is 31.4 Å². The Hall–Kier alpha value is -0.120. The van der Waals surface area contributed by atoms with Crippen molar-refractivity contribution in [3.8, 4) is 0 Å². The number of aliphatic hydroxyl groups is 1. The zero-order chi connectivity index (χ0) is 13.2. The molecule has 1 fully saturated rings. The Balaban J connectivity index is 1.82. The summed E-state index contributed by atoms with van der Waals surface area (Å²) in [4.78, 5) is 0. The summed E-state index contributed by atoms with van der Waals surface area (Å²) in [5.74, 6) is 1.69. The molecule has 0 aliphatic heterocycles. The second kappa shape index (κ2) is 9.76. The SMILES string of the molecule is CCCCCCOCC(O)CNCC(C)C1CC1. The van der Waals surface area contributed by atoms with Gasteiger partial charge < -0.3 is 15.2 Å². The van der Waals surface area contributed by atoms with Crippen LogP contribution >= 0.6 is 0 Å². The van der Waals surface area contributed by atoms with Crippen LogP contribution in [0.3, 0.4) is 0 Å². The number of rotatable bonds is 12. The molecule has 0 aromatic carbocycles. The van der Waals surface area contributed by atoms with Crippen molar-refractivity contribution in [1.29, 1.82) is 0 Å². The van der Waals surface area contributed by atoms with Crippen molar-refractivity contribution in [2.75, 3.05) is 26.3 Å². The van der Waals surface area contributed by atoms with Crippen molar-refractivity contribution < 1.29 is 9.84 Å². The summed E-state index contributed by atoms with van der Waals surface area (Å²) in [5, 5.41) is 13.1. The van der Waals surface area contributed by atoms with Crippen molar-refractivity contribution in [2.45, 2.75) is 58.5 Å². The van der Waals surface area contributed by atoms with Crippen molar-refractivity contribution in [3.63, 3.8) is 0 Å². The molecule has 0 bridgehead atoms. The molecule has 0 amide bonds. The lowest BCUT2D eigenvalue weighted by Crippen LogP contribution is -2.33. The van der Waals surface area contributed by atoms with Crippen molar-refractivity contribution in [1.82, 2.24) is 5.32 Å². The van der Waals surface area contributed by atoms with Crippen molar-refractivity contribution >= 4 is 0 Å². The minimum atomic E-state index is -0.359. The molecular weight excluding hydrogens is 226 g/mol. The Kier molecular flexibility index (Phi) is 8.64. The highest BCUT2D eigenvalue weighted by Crippen LogP contribution is 2.35. The molecule has 3 nitrogen and oxygen atoms in total. The molecule has 0 heterocycles. The van der Waals surface area contributed by atoms with Gasteiger partial charge in [-0.3, -0.25) is 0 Å². The maximum absolute atomic E-state index is 9.73. The third-order valence-corrected chi connectivity index (χ3v) is 3.73. The smallest absolute Gasteiger partial charge is 0.0897 e. The van der Waals surface area contributed by atoms with E-state index in [4.69, 9.17) is 4.74 Å². The van der Waals surface area contributed by atoms with Gasteiger partial charge in [-0.2, -0.15) is 0 Å². The number of ether oxygens (including phenoxy) is 1. The minimum Gasteiger partial charge on any atom is -0.389 e. The average molecular weight is 257 g/mol. The van der Waals surface area contributed by atoms with Crippen LogP contribution in [0.25, 0.3) is 0 Å². The summed E-state index contributed by atoms with van der Waals surface area (Å²) in [6, 6.07) is 0. The molecule has 0 spiro atoms. The minimum absolute atomic E-state index is 0.359. The fourth-order valence-electron chi connectivity index (χ4n) is 2.22. The van der Waals surface area contributed by atoms with Gasteiger partial charge in [-0.1, -0.05) is 33.1 Å². The van der Waals surface area contributed by atoms with Gasteiger partial charge in [-0.05, 0) is 37.6 Å². The van der Waals surface area contributed by atoms with E-state index in [2.05, 4.69) is 19.2 Å². The first kappa shape index (κ1) is 15.9. The summed E-state index contributed by atoms with van der Waals surface area (Å²) in [5.41, 5.74) is 0. The van der Waals surface area contributed by atoms with E-state index in [0.29, 0.717) is 13.2 Å². The molecule has 1 aliphatic carbocycles. The van der Waals surface area contributed by atoms with E-state index in [1.54, 1.807) is 0 Å². The number of hydrogen-bond acceptors (Lipinski definition) is 3. The van der Waals surface area contributed by atoms with E-state index >= 15 is 0 Å². The molecule has 1 saturated carbocycles. The van der Waals surface area contributed by atoms with Gasteiger partial charge >= 0.3 is 0 Å². The van der Waals surface area contributed by atoms with Gasteiger partial charge in [0.05, 0.1) is 12.7 Å². The Morgan fingerprint density at radius 3 is 2.67 bits per heavy atom. The Morgan fingerprint density at radius 1 is 1.22 bits per heavy atom. The highest BCUT2D eigenvalue weighted by molar-refractivity contribution is 4.80. The molecule has 3 heteroatoms. The molecule has 0 saturated heterocycles. The van der Waals surface area contributed by atoms with Crippen LogP contribution in [0.2, 0.25) is 0 Å². The maximum atomic E-state index is 9.73. The summed E-state index contributed by atoms with van der Waals surface area (Å²) >= 11 is 0. The van der Waals surface area contributed by atoms with E-state index in [1.807, 2.05) is 0 Å². The van der Waals surface area contributed by atoms with Gasteiger partial charge in [-0.25, -0.2) is 0 Å². The number of aliphatic hydroxyl groups excluding tert-OH is 1. The standard InChI is InChI=1S/C15H31NO2/c1-3-4-5-6-9-18-12-15(17)11-16-10-13(2)14-7-8-14/h13-17H,3-12H2,1-2H3. The molecule has 0 radical (unpaired) electrons. The average Bonchev–Trinajstić information content (AvgIpc) is 3.17. The summed E-state index contributed by atoms with van der Waals surface area (Å²) < 4.78 is 5.47. The van der Waals surface area contributed by atoms with Crippen LogP contribution in [-0.2, 0) is 4.74 Å². The molecule has 1 rings (SSSR count). The van der Waals surface area contributed by atoms with Crippen LogP contribution in [0.4, 0.5) is 0 Å². The third-order valence-electron chi connectivity index (χ3n) is 3.73. The van der Waals surface area contributed by atoms with Crippen molar-refractivity contribution in [3.05, 3.63) is 0 Å². The van der Waals surface area contributed by atoms with E-state index in [1.165, 1.54) is 32.1 Å². The number of unbranched alkanes of at least 4 members (excludes halogenated alkanes) is 3. The Morgan fingerprint density at radius 2 is 2.00 bits per heavy atom. The van der Waals surface area contributed by atoms with Crippen LogP contribution in [0, 0.1) is 11.8 Å². The first-order chi connectivity index (χ1) is 8.74. The highest BCUT2D eigenvalue weighted by atomic mass is 16.5. The van der Waals surface area contributed by atoms with Crippen LogP contribution in [0.15, 0.2) is 0 Å². The third kappa shape index (κ3) is 8.06. The largest absolute Gasteiger partial charge is 0.389 e. The first-order valence-corrected chi connectivity index (χ1v) is 7.70. The topological polar surface area (TPSA) is 41.5 Å². The van der Waals surface area contributed by atoms with Gasteiger partial charge in [-0.15, -0.1) is 0 Å². The monoisotopic (exact) mass is 257 g/mol. The van der Waals surface area contributed by atoms with Crippen LogP contribution in [-0.4, -0.2) is 37.5 Å². The van der Waals surface area contributed by atoms with E-state index in [9.17, 15) is 5.11 Å². The van der Waals surface area contributed by atoms with Gasteiger partial charge in [0.1, 0.15) is 0 Å². The molecule has 0 aromatic rings. The van der Waals surface area contributed by atoms with Gasteiger partial charge in [0.2, 0.25) is 0 Å². The lowest BCUT2D eigenvalue weighted by Gasteiger charge is -2.15. The summed E-state index contributed by atoms with van der Waals surface area (Å²) in [6.45, 7) is 7.44. The summed E-state index contributed by atoms with van der Waals surface area (Å²) in [7, 11) is 0. The molecule has 2 N–H and O–H groups in total. The predicted octanol–water partition coefficient (Wildman–Crippen LogP) is 2.58. The zero-order valence-corrected chi connectivity index (χ0v) is 12.2. The Labute approximate surface area is 112 Å². The number of hydrogen-bond donors (Lipinski definition) is 2. The number of nitrogens with one attached hydrogen (secondary N) is 1. The normalized spacial score (nSPS) is 18.8. The van der Waals surface area contributed by atoms with Gasteiger partial charge in [0, 0.05) is 13.2 Å². The fraction of sp³-hybridized carbons (Fsp3) is 1.00. The second-order valence-electron chi connectivity index (χ2n) is 5.76. The lowest BCUT2D eigenvalue weighted by molar-refractivity contribution is 0.0351. The van der Waals surface area contributed by atoms with Crippen LogP contribution in [0.5, 0.6) is 0 Å². The second-order valence-corrected chi connectivity index (χ2v) is 5.76. The van der Waals surface area contributed by atoms with Gasteiger partial charge in [0.15, 0.2) is 0 Å². The quantitative estimate of drug-likeness (QED) is 0.528. The zero-order valence-electron chi connectivity index (χ0n) is 12.2. The molecule has 0 aromatic heterocycles. The molecule has 108 valence electrons. The van der Waals surface area contributed by atoms with Crippen LogP contribution in [0.1, 0.15) is 52.4 Å². The fourth-order valence-corrected chi connectivity index (χ4v) is 2.22. The first-order valence-electron chi connectivity index (χ1n) is 7.70. The lowest BCUT2D eigenvalue weighted by atomic mass is 10.1. The van der Waals surface area contributed by atoms with E-state index < -0.39 is 0 Å². The molecule has 2 atom stereocenters. The summed E-state index contributed by atoms with van der Waals surface area (Å²) in [6.07, 6.45) is 7.33. The Bertz CT molecular complexity index is 195. The van der Waals surface area contributed by atoms with Crippen LogP contribution < -0.4 is 5.32 Å². The molecule has 1 aliphatic rings. The molecular formula is C15H31NO2.